The molecule has 1 aliphatic heterocycles. The number of hydrogen-bond donors (Lipinski definition) is 1. The molecule has 3 heteroatoms. The van der Waals surface area contributed by atoms with Crippen molar-refractivity contribution < 1.29 is 4.74 Å². The zero-order valence-electron chi connectivity index (χ0n) is 11.5. The second kappa shape index (κ2) is 5.61. The van der Waals surface area contributed by atoms with Gasteiger partial charge in [-0.3, -0.25) is 4.90 Å². The van der Waals surface area contributed by atoms with E-state index in [0.29, 0.717) is 5.41 Å². The highest BCUT2D eigenvalue weighted by atomic mass is 16.5. The predicted octanol–water partition coefficient (Wildman–Crippen LogP) is 2.77. The molecule has 3 nitrogen and oxygen atoms in total. The van der Waals surface area contributed by atoms with Crippen molar-refractivity contribution in [1.82, 2.24) is 4.90 Å². The minimum atomic E-state index is 0.585. The Morgan fingerprint density at radius 2 is 1.78 bits per heavy atom. The summed E-state index contributed by atoms with van der Waals surface area (Å²) in [4.78, 5) is 2.48. The van der Waals surface area contributed by atoms with Crippen LogP contribution in [-0.2, 0) is 0 Å². The van der Waals surface area contributed by atoms with Gasteiger partial charge in [-0.25, -0.2) is 0 Å². The van der Waals surface area contributed by atoms with Crippen LogP contribution in [0.5, 0.6) is 5.75 Å². The number of hydrogen-bond acceptors (Lipinski definition) is 3. The summed E-state index contributed by atoms with van der Waals surface area (Å²) in [6, 6.07) is 7.60. The van der Waals surface area contributed by atoms with Gasteiger partial charge in [-0.15, -0.1) is 0 Å². The molecule has 2 rings (SSSR count). The molecule has 1 fully saturated rings. The Hall–Kier alpha value is -1.22. The van der Waals surface area contributed by atoms with Crippen LogP contribution < -0.4 is 10.5 Å². The lowest BCUT2D eigenvalue weighted by molar-refractivity contribution is -0.0128. The summed E-state index contributed by atoms with van der Waals surface area (Å²) >= 11 is 0. The van der Waals surface area contributed by atoms with Gasteiger partial charge in [0.2, 0.25) is 0 Å². The Balaban J connectivity index is 1.67. The van der Waals surface area contributed by atoms with Crippen molar-refractivity contribution in [3.8, 4) is 5.75 Å². The number of benzene rings is 1. The van der Waals surface area contributed by atoms with Crippen LogP contribution in [0.15, 0.2) is 24.3 Å². The first-order valence-electron chi connectivity index (χ1n) is 6.88. The SMILES string of the molecule is CCC1(CC)CN(CCOc2ccc(N)cc2)C1. The molecule has 18 heavy (non-hydrogen) atoms. The molecule has 100 valence electrons. The lowest BCUT2D eigenvalue weighted by atomic mass is 9.75. The van der Waals surface area contributed by atoms with Crippen LogP contribution in [-0.4, -0.2) is 31.1 Å². The third kappa shape index (κ3) is 2.96. The van der Waals surface area contributed by atoms with E-state index in [1.54, 1.807) is 0 Å². The van der Waals surface area contributed by atoms with E-state index >= 15 is 0 Å². The average Bonchev–Trinajstić information content (AvgIpc) is 2.35. The first-order chi connectivity index (χ1) is 8.67. The van der Waals surface area contributed by atoms with E-state index in [0.717, 1.165) is 24.6 Å². The summed E-state index contributed by atoms with van der Waals surface area (Å²) in [7, 11) is 0. The summed E-state index contributed by atoms with van der Waals surface area (Å²) in [5, 5.41) is 0. The Bertz CT molecular complexity index is 363. The Morgan fingerprint density at radius 3 is 2.33 bits per heavy atom. The zero-order chi connectivity index (χ0) is 13.0. The topological polar surface area (TPSA) is 38.5 Å². The molecule has 0 aliphatic carbocycles. The van der Waals surface area contributed by atoms with E-state index in [-0.39, 0.29) is 0 Å². The molecule has 0 unspecified atom stereocenters. The number of rotatable bonds is 6. The fourth-order valence-electron chi connectivity index (χ4n) is 2.61. The van der Waals surface area contributed by atoms with Crippen LogP contribution in [0.2, 0.25) is 0 Å². The molecule has 0 spiro atoms. The lowest BCUT2D eigenvalue weighted by Gasteiger charge is -2.49. The number of nitrogens with zero attached hydrogens (tertiary/aromatic N) is 1. The van der Waals surface area contributed by atoms with Crippen LogP contribution in [0.1, 0.15) is 26.7 Å². The van der Waals surface area contributed by atoms with E-state index in [2.05, 4.69) is 18.7 Å². The minimum absolute atomic E-state index is 0.585. The highest BCUT2D eigenvalue weighted by molar-refractivity contribution is 5.41. The summed E-state index contributed by atoms with van der Waals surface area (Å²) in [6.45, 7) is 8.83. The van der Waals surface area contributed by atoms with Crippen molar-refractivity contribution in [1.29, 1.82) is 0 Å². The van der Waals surface area contributed by atoms with Crippen LogP contribution in [0.3, 0.4) is 0 Å². The van der Waals surface area contributed by atoms with Crippen LogP contribution in [0.4, 0.5) is 5.69 Å². The molecule has 0 bridgehead atoms. The Labute approximate surface area is 110 Å². The van der Waals surface area contributed by atoms with Crippen LogP contribution in [0, 0.1) is 5.41 Å². The summed E-state index contributed by atoms with van der Waals surface area (Å²) in [5.41, 5.74) is 6.99. The molecule has 0 amide bonds. The number of nitrogen functional groups attached to an aromatic ring is 1. The molecule has 0 atom stereocenters. The van der Waals surface area contributed by atoms with Gasteiger partial charge in [-0.1, -0.05) is 13.8 Å². The lowest BCUT2D eigenvalue weighted by Crippen LogP contribution is -2.56. The molecule has 1 aliphatic rings. The molecule has 1 aromatic carbocycles. The highest BCUT2D eigenvalue weighted by Crippen LogP contribution is 2.36. The van der Waals surface area contributed by atoms with Gasteiger partial charge in [0.05, 0.1) is 0 Å². The largest absolute Gasteiger partial charge is 0.492 e. The second-order valence-corrected chi connectivity index (χ2v) is 5.34. The van der Waals surface area contributed by atoms with Gasteiger partial charge in [0.1, 0.15) is 12.4 Å². The molecule has 1 heterocycles. The van der Waals surface area contributed by atoms with Crippen molar-refractivity contribution >= 4 is 5.69 Å². The van der Waals surface area contributed by atoms with E-state index in [1.165, 1.54) is 25.9 Å². The van der Waals surface area contributed by atoms with Crippen molar-refractivity contribution in [2.75, 3.05) is 32.0 Å². The predicted molar refractivity (Wildman–Crippen MR) is 75.8 cm³/mol. The number of likely N-dealkylation sites (tertiary alicyclic amines) is 1. The third-order valence-corrected chi connectivity index (χ3v) is 4.17. The van der Waals surface area contributed by atoms with Gasteiger partial charge in [0.15, 0.2) is 0 Å². The molecule has 0 aromatic heterocycles. The molecular weight excluding hydrogens is 224 g/mol. The van der Waals surface area contributed by atoms with Gasteiger partial charge in [-0.2, -0.15) is 0 Å². The number of ether oxygens (including phenoxy) is 1. The van der Waals surface area contributed by atoms with Crippen LogP contribution >= 0.6 is 0 Å². The molecule has 1 aromatic rings. The van der Waals surface area contributed by atoms with Gasteiger partial charge in [0.25, 0.3) is 0 Å². The van der Waals surface area contributed by atoms with Crippen molar-refractivity contribution in [2.45, 2.75) is 26.7 Å². The van der Waals surface area contributed by atoms with Crippen molar-refractivity contribution in [2.24, 2.45) is 5.41 Å². The molecular formula is C15H24N2O. The number of anilines is 1. The fraction of sp³-hybridized carbons (Fsp3) is 0.600. The first-order valence-corrected chi connectivity index (χ1v) is 6.88. The van der Waals surface area contributed by atoms with Gasteiger partial charge in [0, 0.05) is 25.3 Å². The van der Waals surface area contributed by atoms with E-state index < -0.39 is 0 Å². The maximum absolute atomic E-state index is 5.71. The fourth-order valence-corrected chi connectivity index (χ4v) is 2.61. The normalized spacial score (nSPS) is 18.3. The van der Waals surface area contributed by atoms with E-state index in [4.69, 9.17) is 10.5 Å². The summed E-state index contributed by atoms with van der Waals surface area (Å²) < 4.78 is 5.71. The van der Waals surface area contributed by atoms with Gasteiger partial charge in [-0.05, 0) is 42.5 Å². The molecule has 0 saturated carbocycles. The standard InChI is InChI=1S/C15H24N2O/c1-3-15(4-2)11-17(12-15)9-10-18-14-7-5-13(16)6-8-14/h5-8H,3-4,9-12,16H2,1-2H3. The minimum Gasteiger partial charge on any atom is -0.492 e. The summed E-state index contributed by atoms with van der Waals surface area (Å²) in [5.74, 6) is 0.905. The average molecular weight is 248 g/mol. The maximum Gasteiger partial charge on any atom is 0.119 e. The third-order valence-electron chi connectivity index (χ3n) is 4.17. The molecule has 1 saturated heterocycles. The van der Waals surface area contributed by atoms with Crippen molar-refractivity contribution in [3.63, 3.8) is 0 Å². The van der Waals surface area contributed by atoms with Gasteiger partial charge < -0.3 is 10.5 Å². The monoisotopic (exact) mass is 248 g/mol. The zero-order valence-corrected chi connectivity index (χ0v) is 11.5. The summed E-state index contributed by atoms with van der Waals surface area (Å²) in [6.07, 6.45) is 2.58. The van der Waals surface area contributed by atoms with Crippen molar-refractivity contribution in [3.05, 3.63) is 24.3 Å². The molecule has 0 radical (unpaired) electrons. The second-order valence-electron chi connectivity index (χ2n) is 5.34. The van der Waals surface area contributed by atoms with Crippen LogP contribution in [0.25, 0.3) is 0 Å². The smallest absolute Gasteiger partial charge is 0.119 e. The van der Waals surface area contributed by atoms with E-state index in [1.807, 2.05) is 24.3 Å². The maximum atomic E-state index is 5.71. The Morgan fingerprint density at radius 1 is 1.17 bits per heavy atom. The van der Waals surface area contributed by atoms with Gasteiger partial charge >= 0.3 is 0 Å². The van der Waals surface area contributed by atoms with E-state index in [9.17, 15) is 0 Å². The quantitative estimate of drug-likeness (QED) is 0.787. The highest BCUT2D eigenvalue weighted by Gasteiger charge is 2.39. The first kappa shape index (κ1) is 13.2. The molecule has 2 N–H and O–H groups in total. The Kier molecular flexibility index (Phi) is 4.12. The number of nitrogens with two attached hydrogens (primary N) is 1.